The number of rotatable bonds is 3. The summed E-state index contributed by atoms with van der Waals surface area (Å²) in [5.41, 5.74) is -0.910. The number of carbonyl (C=O) groups is 1. The van der Waals surface area contributed by atoms with Crippen LogP contribution in [0.4, 0.5) is 27.8 Å². The van der Waals surface area contributed by atoms with Gasteiger partial charge in [0.15, 0.2) is 17.5 Å². The van der Waals surface area contributed by atoms with Gasteiger partial charge in [-0.1, -0.05) is 38.1 Å². The number of halogens is 5. The lowest BCUT2D eigenvalue weighted by molar-refractivity contribution is -0.165. The molecule has 1 aromatic heterocycles. The number of anilines is 1. The summed E-state index contributed by atoms with van der Waals surface area (Å²) in [5.74, 6) is -4.77. The van der Waals surface area contributed by atoms with Crippen molar-refractivity contribution < 1.29 is 26.7 Å². The second-order valence-corrected chi connectivity index (χ2v) is 5.55. The molecule has 1 unspecified atom stereocenters. The van der Waals surface area contributed by atoms with Gasteiger partial charge in [0.05, 0.1) is 5.92 Å². The molecule has 0 radical (unpaired) electrons. The summed E-state index contributed by atoms with van der Waals surface area (Å²) in [4.78, 5) is 12.2. The maximum absolute atomic E-state index is 13.8. The summed E-state index contributed by atoms with van der Waals surface area (Å²) in [6, 6.07) is 4.48. The first-order valence-corrected chi connectivity index (χ1v) is 8.52. The van der Waals surface area contributed by atoms with Gasteiger partial charge < -0.3 is 5.32 Å². The summed E-state index contributed by atoms with van der Waals surface area (Å²) in [6.45, 7) is 4.00. The van der Waals surface area contributed by atoms with Crippen LogP contribution in [0.15, 0.2) is 54.3 Å². The Bertz CT molecular complexity index is 879. The van der Waals surface area contributed by atoms with Crippen molar-refractivity contribution in [1.82, 2.24) is 9.78 Å². The van der Waals surface area contributed by atoms with Crippen LogP contribution in [0.2, 0.25) is 0 Å². The van der Waals surface area contributed by atoms with Gasteiger partial charge in [0, 0.05) is 17.8 Å². The van der Waals surface area contributed by atoms with Crippen LogP contribution < -0.4 is 5.32 Å². The molecule has 9 heteroatoms. The fourth-order valence-electron chi connectivity index (χ4n) is 2.58. The summed E-state index contributed by atoms with van der Waals surface area (Å²) in [6.07, 6.45) is 0.0638. The molecule has 1 heterocycles. The van der Waals surface area contributed by atoms with E-state index in [0.717, 1.165) is 22.9 Å². The van der Waals surface area contributed by atoms with Crippen molar-refractivity contribution in [3.05, 3.63) is 65.9 Å². The molecular formula is C19H18F5N3O. The van der Waals surface area contributed by atoms with Crippen molar-refractivity contribution >= 4 is 11.7 Å². The first-order valence-electron chi connectivity index (χ1n) is 8.52. The summed E-state index contributed by atoms with van der Waals surface area (Å²) in [5, 5.41) is 6.03. The second-order valence-electron chi connectivity index (χ2n) is 5.55. The van der Waals surface area contributed by atoms with E-state index in [9.17, 15) is 26.7 Å². The van der Waals surface area contributed by atoms with Gasteiger partial charge in [-0.3, -0.25) is 4.79 Å². The molecule has 1 aliphatic carbocycles. The normalized spacial score (nSPS) is 16.1. The smallest absolute Gasteiger partial charge is 0.305 e. The molecule has 150 valence electrons. The number of carbonyl (C=O) groups excluding carboxylic acids is 1. The van der Waals surface area contributed by atoms with E-state index < -0.39 is 40.9 Å². The van der Waals surface area contributed by atoms with Gasteiger partial charge in [-0.2, -0.15) is 13.2 Å². The van der Waals surface area contributed by atoms with Crippen molar-refractivity contribution in [1.29, 1.82) is 0 Å². The van der Waals surface area contributed by atoms with Crippen molar-refractivity contribution in [3.8, 4) is 5.69 Å². The molecular weight excluding hydrogens is 381 g/mol. The van der Waals surface area contributed by atoms with E-state index >= 15 is 0 Å². The lowest BCUT2D eigenvalue weighted by atomic mass is 9.90. The maximum atomic E-state index is 13.8. The fourth-order valence-corrected chi connectivity index (χ4v) is 2.58. The lowest BCUT2D eigenvalue weighted by Gasteiger charge is -2.23. The number of hydrogen-bond acceptors (Lipinski definition) is 2. The van der Waals surface area contributed by atoms with Gasteiger partial charge in [0.1, 0.15) is 5.69 Å². The van der Waals surface area contributed by atoms with E-state index in [1.165, 1.54) is 30.5 Å². The van der Waals surface area contributed by atoms with Crippen LogP contribution in [-0.2, 0) is 4.79 Å². The minimum absolute atomic E-state index is 0.131. The molecule has 0 fully saturated rings. The number of nitrogens with zero attached hydrogens (tertiary/aromatic N) is 2. The molecule has 0 bridgehead atoms. The SMILES string of the molecule is CC.O=C(Nc1ccn(-c2c(F)cccc2F)n1)C1=CC=CCC1C(F)(F)F. The molecule has 0 saturated heterocycles. The minimum atomic E-state index is -4.57. The van der Waals surface area contributed by atoms with E-state index in [1.54, 1.807) is 0 Å². The predicted molar refractivity (Wildman–Crippen MR) is 94.8 cm³/mol. The molecule has 4 nitrogen and oxygen atoms in total. The van der Waals surface area contributed by atoms with E-state index in [2.05, 4.69) is 10.4 Å². The number of hydrogen-bond donors (Lipinski definition) is 1. The van der Waals surface area contributed by atoms with Gasteiger partial charge in [-0.05, 0) is 18.6 Å². The Kier molecular flexibility index (Phi) is 6.71. The highest BCUT2D eigenvalue weighted by atomic mass is 19.4. The Balaban J connectivity index is 0.00000136. The number of alkyl halides is 3. The number of allylic oxidation sites excluding steroid dienone is 3. The van der Waals surface area contributed by atoms with Gasteiger partial charge >= 0.3 is 6.18 Å². The van der Waals surface area contributed by atoms with Crippen molar-refractivity contribution in [3.63, 3.8) is 0 Å². The standard InChI is InChI=1S/C17H12F5N3O.C2H6/c18-12-6-3-7-13(19)15(12)25-9-8-14(24-25)23-16(26)10-4-1-2-5-11(10)17(20,21)22;1-2/h1-4,6-9,11H,5H2,(H,23,24,26);1-2H3. The fraction of sp³-hybridized carbons (Fsp3) is 0.263. The molecule has 0 saturated carbocycles. The molecule has 3 rings (SSSR count). The number of benzene rings is 1. The highest BCUT2D eigenvalue weighted by Crippen LogP contribution is 2.37. The van der Waals surface area contributed by atoms with Gasteiger partial charge in [-0.25, -0.2) is 13.5 Å². The van der Waals surface area contributed by atoms with Crippen LogP contribution in [0.25, 0.3) is 5.69 Å². The predicted octanol–water partition coefficient (Wildman–Crippen LogP) is 5.18. The third-order valence-electron chi connectivity index (χ3n) is 3.81. The molecule has 0 aliphatic heterocycles. The molecule has 2 aromatic rings. The Morgan fingerprint density at radius 1 is 1.18 bits per heavy atom. The van der Waals surface area contributed by atoms with Crippen LogP contribution in [0.5, 0.6) is 0 Å². The zero-order chi connectivity index (χ0) is 20.9. The summed E-state index contributed by atoms with van der Waals surface area (Å²) < 4.78 is 67.5. The molecule has 1 atom stereocenters. The van der Waals surface area contributed by atoms with E-state index in [1.807, 2.05) is 13.8 Å². The molecule has 1 aliphatic rings. The first-order chi connectivity index (χ1) is 13.3. The van der Waals surface area contributed by atoms with Crippen LogP contribution in [0.3, 0.4) is 0 Å². The quantitative estimate of drug-likeness (QED) is 0.723. The van der Waals surface area contributed by atoms with Crippen LogP contribution in [0, 0.1) is 17.6 Å². The summed E-state index contributed by atoms with van der Waals surface area (Å²) in [7, 11) is 0. The number of amides is 1. The molecule has 0 spiro atoms. The second kappa shape index (κ2) is 8.81. The third kappa shape index (κ3) is 4.65. The Labute approximate surface area is 158 Å². The van der Waals surface area contributed by atoms with Crippen molar-refractivity contribution in [2.45, 2.75) is 26.4 Å². The largest absolute Gasteiger partial charge is 0.396 e. The average molecular weight is 399 g/mol. The molecule has 1 aromatic carbocycles. The zero-order valence-electron chi connectivity index (χ0n) is 15.1. The maximum Gasteiger partial charge on any atom is 0.396 e. The Morgan fingerprint density at radius 3 is 2.43 bits per heavy atom. The van der Waals surface area contributed by atoms with Crippen LogP contribution in [-0.4, -0.2) is 21.9 Å². The molecule has 28 heavy (non-hydrogen) atoms. The Morgan fingerprint density at radius 2 is 1.82 bits per heavy atom. The number of para-hydroxylation sites is 1. The van der Waals surface area contributed by atoms with Crippen molar-refractivity contribution in [2.24, 2.45) is 5.92 Å². The highest BCUT2D eigenvalue weighted by Gasteiger charge is 2.43. The van der Waals surface area contributed by atoms with E-state index in [4.69, 9.17) is 0 Å². The van der Waals surface area contributed by atoms with Crippen molar-refractivity contribution in [2.75, 3.05) is 5.32 Å². The number of aromatic nitrogens is 2. The van der Waals surface area contributed by atoms with E-state index in [-0.39, 0.29) is 12.2 Å². The average Bonchev–Trinajstić information content (AvgIpc) is 3.10. The third-order valence-corrected chi connectivity index (χ3v) is 3.81. The lowest BCUT2D eigenvalue weighted by Crippen LogP contribution is -2.31. The van der Waals surface area contributed by atoms with Crippen LogP contribution >= 0.6 is 0 Å². The molecule has 1 N–H and O–H groups in total. The Hall–Kier alpha value is -2.97. The monoisotopic (exact) mass is 399 g/mol. The number of nitrogens with one attached hydrogen (secondary N) is 1. The molecule has 1 amide bonds. The van der Waals surface area contributed by atoms with E-state index in [0.29, 0.717) is 0 Å². The van der Waals surface area contributed by atoms with Gasteiger partial charge in [0.2, 0.25) is 0 Å². The van der Waals surface area contributed by atoms with Gasteiger partial charge in [0.25, 0.3) is 5.91 Å². The summed E-state index contributed by atoms with van der Waals surface area (Å²) >= 11 is 0. The highest BCUT2D eigenvalue weighted by molar-refractivity contribution is 6.04. The zero-order valence-corrected chi connectivity index (χ0v) is 15.1. The topological polar surface area (TPSA) is 46.9 Å². The van der Waals surface area contributed by atoms with Crippen LogP contribution in [0.1, 0.15) is 20.3 Å². The first kappa shape index (κ1) is 21.3. The van der Waals surface area contributed by atoms with Gasteiger partial charge in [-0.15, -0.1) is 5.10 Å². The minimum Gasteiger partial charge on any atom is -0.305 e.